The highest BCUT2D eigenvalue weighted by molar-refractivity contribution is 7.10. The highest BCUT2D eigenvalue weighted by atomic mass is 32.1. The van der Waals surface area contributed by atoms with E-state index in [0.29, 0.717) is 25.1 Å². The van der Waals surface area contributed by atoms with Crippen molar-refractivity contribution < 1.29 is 24.6 Å². The predicted octanol–water partition coefficient (Wildman–Crippen LogP) is 2.44. The largest absolute Gasteiger partial charge is 0.478 e. The van der Waals surface area contributed by atoms with Crippen molar-refractivity contribution in [2.45, 2.75) is 26.3 Å². The number of amides is 1. The molecule has 0 aliphatic heterocycles. The number of nitrogens with two attached hydrogens (primary N) is 2. The van der Waals surface area contributed by atoms with Gasteiger partial charge >= 0.3 is 11.9 Å². The highest BCUT2D eigenvalue weighted by Crippen LogP contribution is 2.33. The summed E-state index contributed by atoms with van der Waals surface area (Å²) in [4.78, 5) is 34.4. The summed E-state index contributed by atoms with van der Waals surface area (Å²) >= 11 is 1.68. The Morgan fingerprint density at radius 2 is 1.73 bits per heavy atom. The minimum Gasteiger partial charge on any atom is -0.478 e. The number of carbonyl (C=O) groups excluding carboxylic acids is 1. The van der Waals surface area contributed by atoms with Crippen LogP contribution in [0.3, 0.4) is 0 Å². The third kappa shape index (κ3) is 7.69. The number of benzene rings is 1. The van der Waals surface area contributed by atoms with E-state index in [9.17, 15) is 14.4 Å². The lowest BCUT2D eigenvalue weighted by Gasteiger charge is -2.31. The van der Waals surface area contributed by atoms with Gasteiger partial charge in [0.05, 0.1) is 12.6 Å². The van der Waals surface area contributed by atoms with Crippen molar-refractivity contribution in [2.24, 2.45) is 5.73 Å². The normalized spacial score (nSPS) is 11.4. The number of carboxylic acids is 2. The van der Waals surface area contributed by atoms with Gasteiger partial charge < -0.3 is 26.6 Å². The number of aryl methyl sites for hydroxylation is 1. The van der Waals surface area contributed by atoms with Crippen LogP contribution in [-0.2, 0) is 20.8 Å². The monoisotopic (exact) mass is 433 g/mol. The molecule has 6 N–H and O–H groups in total. The van der Waals surface area contributed by atoms with E-state index < -0.39 is 11.9 Å². The minimum absolute atomic E-state index is 0.0225. The molecular weight excluding hydrogens is 406 g/mol. The molecule has 1 unspecified atom stereocenters. The number of nitrogens with zero attached hydrogens (tertiary/aromatic N) is 1. The molecule has 0 aliphatic rings. The topological polar surface area (TPSA) is 147 Å². The molecule has 9 heteroatoms. The Morgan fingerprint density at radius 1 is 1.13 bits per heavy atom. The van der Waals surface area contributed by atoms with Crippen LogP contribution in [0.25, 0.3) is 0 Å². The van der Waals surface area contributed by atoms with Crippen molar-refractivity contribution in [1.29, 1.82) is 0 Å². The van der Waals surface area contributed by atoms with Gasteiger partial charge in [-0.05, 0) is 48.9 Å². The second-order valence-electron chi connectivity index (χ2n) is 6.28. The molecule has 1 aromatic heterocycles. The lowest BCUT2D eigenvalue weighted by molar-refractivity contribution is -0.134. The molecule has 0 aliphatic carbocycles. The Labute approximate surface area is 179 Å². The fourth-order valence-electron chi connectivity index (χ4n) is 2.83. The highest BCUT2D eigenvalue weighted by Gasteiger charge is 2.26. The molecule has 1 atom stereocenters. The van der Waals surface area contributed by atoms with Crippen LogP contribution in [0.1, 0.15) is 29.0 Å². The molecule has 1 heterocycles. The maximum absolute atomic E-state index is 12.2. The lowest BCUT2D eigenvalue weighted by atomic mass is 9.99. The Balaban J connectivity index is 0.000000479. The zero-order chi connectivity index (χ0) is 22.7. The van der Waals surface area contributed by atoms with Gasteiger partial charge in [0.2, 0.25) is 5.91 Å². The van der Waals surface area contributed by atoms with Crippen LogP contribution in [0, 0.1) is 6.92 Å². The second kappa shape index (κ2) is 12.4. The summed E-state index contributed by atoms with van der Waals surface area (Å²) in [5.74, 6) is -2.55. The number of anilines is 1. The molecular formula is C21H27N3O5S. The van der Waals surface area contributed by atoms with Gasteiger partial charge in [-0.3, -0.25) is 4.79 Å². The van der Waals surface area contributed by atoms with E-state index in [1.165, 1.54) is 10.4 Å². The number of hydrogen-bond acceptors (Lipinski definition) is 6. The van der Waals surface area contributed by atoms with Crippen LogP contribution in [0.5, 0.6) is 0 Å². The van der Waals surface area contributed by atoms with E-state index in [-0.39, 0.29) is 18.5 Å². The standard InChI is InChI=1S/C17H23N3OS.C4H4O4/c1-3-20(16(21)11-18)15(17-12(2)8-9-22-17)10-13-6-4-5-7-14(13)19;5-3(6)1-2-4(7)8/h4-9,15H,3,10-11,18-19H2,1-2H3;1-2H,(H,5,6)(H,7,8)/b;2-1-. The molecule has 0 spiro atoms. The summed E-state index contributed by atoms with van der Waals surface area (Å²) in [7, 11) is 0. The lowest BCUT2D eigenvalue weighted by Crippen LogP contribution is -2.39. The summed E-state index contributed by atoms with van der Waals surface area (Å²) in [5, 5.41) is 17.7. The Kier molecular flexibility index (Phi) is 10.3. The van der Waals surface area contributed by atoms with Crippen LogP contribution in [0.2, 0.25) is 0 Å². The number of para-hydroxylation sites is 1. The van der Waals surface area contributed by atoms with Gasteiger partial charge in [0.25, 0.3) is 0 Å². The van der Waals surface area contributed by atoms with Gasteiger partial charge in [0.1, 0.15) is 0 Å². The van der Waals surface area contributed by atoms with E-state index in [1.54, 1.807) is 11.3 Å². The predicted molar refractivity (Wildman–Crippen MR) is 117 cm³/mol. The zero-order valence-electron chi connectivity index (χ0n) is 16.9. The van der Waals surface area contributed by atoms with E-state index in [4.69, 9.17) is 21.7 Å². The van der Waals surface area contributed by atoms with Gasteiger partial charge in [-0.2, -0.15) is 0 Å². The summed E-state index contributed by atoms with van der Waals surface area (Å²) in [6.45, 7) is 4.72. The Hall–Kier alpha value is -3.17. The van der Waals surface area contributed by atoms with Crippen molar-refractivity contribution in [3.8, 4) is 0 Å². The van der Waals surface area contributed by atoms with Gasteiger partial charge in [0.15, 0.2) is 0 Å². The molecule has 8 nitrogen and oxygen atoms in total. The summed E-state index contributed by atoms with van der Waals surface area (Å²) < 4.78 is 0. The smallest absolute Gasteiger partial charge is 0.328 e. The molecule has 1 aromatic carbocycles. The second-order valence-corrected chi connectivity index (χ2v) is 7.23. The number of likely N-dealkylation sites (N-methyl/N-ethyl adjacent to an activating group) is 1. The molecule has 0 radical (unpaired) electrons. The van der Waals surface area contributed by atoms with Gasteiger partial charge in [-0.15, -0.1) is 11.3 Å². The van der Waals surface area contributed by atoms with Gasteiger partial charge in [0, 0.05) is 29.3 Å². The van der Waals surface area contributed by atoms with Gasteiger partial charge in [-0.25, -0.2) is 9.59 Å². The maximum atomic E-state index is 12.2. The first kappa shape index (κ1) is 24.9. The Morgan fingerprint density at radius 3 is 2.17 bits per heavy atom. The number of carbonyl (C=O) groups is 3. The summed E-state index contributed by atoms with van der Waals surface area (Å²) in [6, 6.07) is 9.88. The average molecular weight is 434 g/mol. The first-order valence-corrected chi connectivity index (χ1v) is 10.1. The van der Waals surface area contributed by atoms with Crippen molar-refractivity contribution in [3.05, 3.63) is 63.9 Å². The number of thiophene rings is 1. The van der Waals surface area contributed by atoms with Crippen molar-refractivity contribution >= 4 is 34.9 Å². The van der Waals surface area contributed by atoms with Crippen LogP contribution in [0.15, 0.2) is 47.9 Å². The Bertz CT molecular complexity index is 878. The quantitative estimate of drug-likeness (QED) is 0.369. The van der Waals surface area contributed by atoms with E-state index in [0.717, 1.165) is 11.3 Å². The van der Waals surface area contributed by atoms with Crippen LogP contribution < -0.4 is 11.5 Å². The molecule has 1 amide bonds. The van der Waals surface area contributed by atoms with Crippen molar-refractivity contribution in [3.63, 3.8) is 0 Å². The molecule has 162 valence electrons. The first-order chi connectivity index (χ1) is 14.2. The summed E-state index contributed by atoms with van der Waals surface area (Å²) in [6.07, 6.45) is 1.82. The first-order valence-electron chi connectivity index (χ1n) is 9.22. The van der Waals surface area contributed by atoms with E-state index in [2.05, 4.69) is 18.4 Å². The number of rotatable bonds is 8. The molecule has 0 saturated heterocycles. The molecule has 0 saturated carbocycles. The fourth-order valence-corrected chi connectivity index (χ4v) is 3.87. The van der Waals surface area contributed by atoms with Crippen LogP contribution in [-0.4, -0.2) is 46.0 Å². The SMILES string of the molecule is CCN(C(=O)CN)C(Cc1ccccc1N)c1sccc1C.O=C(O)/C=C\C(=O)O. The van der Waals surface area contributed by atoms with E-state index >= 15 is 0 Å². The number of aliphatic carboxylic acids is 2. The van der Waals surface area contributed by atoms with E-state index in [1.807, 2.05) is 36.1 Å². The van der Waals surface area contributed by atoms with Crippen molar-refractivity contribution in [1.82, 2.24) is 4.90 Å². The number of hydrogen-bond donors (Lipinski definition) is 4. The number of carboxylic acid groups (broad SMARTS) is 2. The number of nitrogen functional groups attached to an aromatic ring is 1. The minimum atomic E-state index is -1.26. The average Bonchev–Trinajstić information content (AvgIpc) is 3.13. The molecule has 0 fully saturated rings. The van der Waals surface area contributed by atoms with Gasteiger partial charge in [-0.1, -0.05) is 18.2 Å². The molecule has 2 rings (SSSR count). The zero-order valence-corrected chi connectivity index (χ0v) is 17.8. The van der Waals surface area contributed by atoms with Crippen LogP contribution >= 0.6 is 11.3 Å². The van der Waals surface area contributed by atoms with Crippen LogP contribution in [0.4, 0.5) is 5.69 Å². The van der Waals surface area contributed by atoms with Crippen molar-refractivity contribution in [2.75, 3.05) is 18.8 Å². The summed E-state index contributed by atoms with van der Waals surface area (Å²) in [5.41, 5.74) is 14.7. The molecule has 30 heavy (non-hydrogen) atoms. The third-order valence-electron chi connectivity index (χ3n) is 4.25. The molecule has 0 bridgehead atoms. The third-order valence-corrected chi connectivity index (χ3v) is 5.37. The maximum Gasteiger partial charge on any atom is 0.328 e. The fraction of sp³-hybridized carbons (Fsp3) is 0.286. The molecule has 2 aromatic rings.